The van der Waals surface area contributed by atoms with Crippen LogP contribution in [0.5, 0.6) is 5.75 Å². The molecule has 0 saturated heterocycles. The second-order valence-corrected chi connectivity index (χ2v) is 3.43. The van der Waals surface area contributed by atoms with Crippen molar-refractivity contribution in [2.24, 2.45) is 0 Å². The fraction of sp³-hybridized carbons (Fsp3) is 0.111. The zero-order valence-electron chi connectivity index (χ0n) is 7.21. The number of benzene rings is 1. The molecule has 1 rings (SSSR count). The van der Waals surface area contributed by atoms with Crippen molar-refractivity contribution in [1.29, 1.82) is 0 Å². The van der Waals surface area contributed by atoms with Crippen LogP contribution in [0, 0.1) is 5.82 Å². The topological polar surface area (TPSA) is 43.4 Å². The summed E-state index contributed by atoms with van der Waals surface area (Å²) >= 11 is 3.01. The predicted octanol–water partition coefficient (Wildman–Crippen LogP) is 2.33. The monoisotopic (exact) mass is 260 g/mol. The van der Waals surface area contributed by atoms with Crippen molar-refractivity contribution < 1.29 is 18.7 Å². The van der Waals surface area contributed by atoms with E-state index in [1.807, 2.05) is 0 Å². The Labute approximate surface area is 88.0 Å². The summed E-state index contributed by atoms with van der Waals surface area (Å²) in [6, 6.07) is 2.49. The fourth-order valence-corrected chi connectivity index (χ4v) is 1.37. The van der Waals surface area contributed by atoms with Crippen LogP contribution in [0.3, 0.4) is 0 Å². The lowest BCUT2D eigenvalue weighted by molar-refractivity contribution is -0.132. The third kappa shape index (κ3) is 2.38. The Morgan fingerprint density at radius 2 is 2.21 bits per heavy atom. The van der Waals surface area contributed by atoms with E-state index in [1.165, 1.54) is 6.07 Å². The number of rotatable bonds is 2. The van der Waals surface area contributed by atoms with Crippen LogP contribution in [0.2, 0.25) is 0 Å². The quantitative estimate of drug-likeness (QED) is 0.466. The normalized spacial score (nSPS) is 9.64. The summed E-state index contributed by atoms with van der Waals surface area (Å²) in [4.78, 5) is 21.1. The van der Waals surface area contributed by atoms with E-state index in [4.69, 9.17) is 0 Å². The zero-order chi connectivity index (χ0) is 10.7. The van der Waals surface area contributed by atoms with Gasteiger partial charge in [0, 0.05) is 11.4 Å². The van der Waals surface area contributed by atoms with Gasteiger partial charge in [0.1, 0.15) is 0 Å². The first-order valence-electron chi connectivity index (χ1n) is 3.67. The van der Waals surface area contributed by atoms with Gasteiger partial charge in [-0.1, -0.05) is 15.9 Å². The van der Waals surface area contributed by atoms with Gasteiger partial charge in [0.15, 0.2) is 17.9 Å². The van der Waals surface area contributed by atoms with Crippen molar-refractivity contribution in [3.05, 3.63) is 28.0 Å². The summed E-state index contributed by atoms with van der Waals surface area (Å²) in [5, 5.41) is 0. The minimum atomic E-state index is -0.753. The Hall–Kier alpha value is -1.23. The highest BCUT2D eigenvalue weighted by atomic mass is 79.9. The Morgan fingerprint density at radius 3 is 2.71 bits per heavy atom. The van der Waals surface area contributed by atoms with Gasteiger partial charge in [0.05, 0.1) is 5.56 Å². The molecular weight excluding hydrogens is 255 g/mol. The summed E-state index contributed by atoms with van der Waals surface area (Å²) < 4.78 is 18.2. The van der Waals surface area contributed by atoms with Crippen LogP contribution in [0.25, 0.3) is 0 Å². The van der Waals surface area contributed by atoms with E-state index in [-0.39, 0.29) is 11.3 Å². The van der Waals surface area contributed by atoms with Gasteiger partial charge >= 0.3 is 5.97 Å². The molecule has 0 aliphatic heterocycles. The summed E-state index contributed by atoms with van der Waals surface area (Å²) in [7, 11) is 0. The summed E-state index contributed by atoms with van der Waals surface area (Å²) in [6.45, 7) is 1.13. The molecule has 74 valence electrons. The highest BCUT2D eigenvalue weighted by Crippen LogP contribution is 2.26. The smallest absolute Gasteiger partial charge is 0.308 e. The molecule has 0 radical (unpaired) electrons. The maximum absolute atomic E-state index is 13.2. The molecule has 0 amide bonds. The average molecular weight is 261 g/mol. The lowest BCUT2D eigenvalue weighted by atomic mass is 10.2. The zero-order valence-corrected chi connectivity index (χ0v) is 8.80. The predicted molar refractivity (Wildman–Crippen MR) is 50.8 cm³/mol. The Bertz CT molecular complexity index is 390. The molecule has 0 aliphatic rings. The van der Waals surface area contributed by atoms with Crippen LogP contribution in [-0.4, -0.2) is 12.3 Å². The first kappa shape index (κ1) is 10.8. The molecule has 0 bridgehead atoms. The molecule has 0 N–H and O–H groups in total. The minimum Gasteiger partial charge on any atom is -0.423 e. The number of esters is 1. The number of ether oxygens (including phenoxy) is 1. The molecule has 0 unspecified atom stereocenters. The van der Waals surface area contributed by atoms with Crippen LogP contribution < -0.4 is 4.74 Å². The molecule has 0 atom stereocenters. The summed E-state index contributed by atoms with van der Waals surface area (Å²) in [5.74, 6) is -1.76. The van der Waals surface area contributed by atoms with Gasteiger partial charge in [-0.3, -0.25) is 9.59 Å². The van der Waals surface area contributed by atoms with Crippen molar-refractivity contribution in [3.63, 3.8) is 0 Å². The number of halogens is 2. The Kier molecular flexibility index (Phi) is 3.35. The lowest BCUT2D eigenvalue weighted by Gasteiger charge is -2.05. The van der Waals surface area contributed by atoms with Crippen molar-refractivity contribution in [2.75, 3.05) is 0 Å². The minimum absolute atomic E-state index is 0.00734. The molecule has 0 saturated carbocycles. The molecule has 14 heavy (non-hydrogen) atoms. The fourth-order valence-electron chi connectivity index (χ4n) is 0.919. The number of aldehydes is 1. The van der Waals surface area contributed by atoms with Gasteiger partial charge in [0.2, 0.25) is 0 Å². The van der Waals surface area contributed by atoms with E-state index in [1.54, 1.807) is 0 Å². The molecule has 0 spiro atoms. The van der Waals surface area contributed by atoms with Gasteiger partial charge in [-0.25, -0.2) is 4.39 Å². The lowest BCUT2D eigenvalue weighted by Crippen LogP contribution is -2.05. The maximum atomic E-state index is 13.2. The molecule has 0 aliphatic carbocycles. The largest absolute Gasteiger partial charge is 0.423 e. The average Bonchev–Trinajstić information content (AvgIpc) is 2.08. The van der Waals surface area contributed by atoms with E-state index in [0.29, 0.717) is 10.8 Å². The summed E-state index contributed by atoms with van der Waals surface area (Å²) in [6.07, 6.45) is 0.423. The van der Waals surface area contributed by atoms with Crippen LogP contribution in [0.1, 0.15) is 17.3 Å². The Balaban J connectivity index is 3.24. The molecule has 0 heterocycles. The van der Waals surface area contributed by atoms with Crippen molar-refractivity contribution in [1.82, 2.24) is 0 Å². The highest BCUT2D eigenvalue weighted by Gasteiger charge is 2.13. The molecule has 1 aromatic carbocycles. The van der Waals surface area contributed by atoms with E-state index in [0.717, 1.165) is 13.0 Å². The van der Waals surface area contributed by atoms with E-state index >= 15 is 0 Å². The van der Waals surface area contributed by atoms with Crippen LogP contribution in [-0.2, 0) is 4.79 Å². The van der Waals surface area contributed by atoms with Crippen molar-refractivity contribution >= 4 is 28.2 Å². The third-order valence-electron chi connectivity index (χ3n) is 1.41. The van der Waals surface area contributed by atoms with Gasteiger partial charge in [-0.2, -0.15) is 0 Å². The second kappa shape index (κ2) is 4.32. The molecular formula is C9H6BrFO3. The second-order valence-electron chi connectivity index (χ2n) is 2.52. The highest BCUT2D eigenvalue weighted by molar-refractivity contribution is 9.10. The first-order valence-corrected chi connectivity index (χ1v) is 4.46. The van der Waals surface area contributed by atoms with Crippen LogP contribution >= 0.6 is 15.9 Å². The van der Waals surface area contributed by atoms with Crippen molar-refractivity contribution in [2.45, 2.75) is 6.92 Å². The van der Waals surface area contributed by atoms with Crippen LogP contribution in [0.15, 0.2) is 16.6 Å². The van der Waals surface area contributed by atoms with Gasteiger partial charge in [-0.05, 0) is 12.1 Å². The van der Waals surface area contributed by atoms with E-state index in [2.05, 4.69) is 20.7 Å². The Morgan fingerprint density at radius 1 is 1.57 bits per heavy atom. The number of carbonyl (C=O) groups is 2. The maximum Gasteiger partial charge on any atom is 0.308 e. The molecule has 0 aromatic heterocycles. The SMILES string of the molecule is CC(=O)Oc1c(F)cc(Br)cc1C=O. The first-order chi connectivity index (χ1) is 6.54. The number of hydrogen-bond acceptors (Lipinski definition) is 3. The number of hydrogen-bond donors (Lipinski definition) is 0. The van der Waals surface area contributed by atoms with Gasteiger partial charge < -0.3 is 4.74 Å². The van der Waals surface area contributed by atoms with E-state index < -0.39 is 11.8 Å². The standard InChI is InChI=1S/C9H6BrFO3/c1-5(13)14-9-6(4-12)2-7(10)3-8(9)11/h2-4H,1H3. The van der Waals surface area contributed by atoms with Gasteiger partial charge in [0.25, 0.3) is 0 Å². The van der Waals surface area contributed by atoms with E-state index in [9.17, 15) is 14.0 Å². The molecule has 0 fully saturated rings. The van der Waals surface area contributed by atoms with Gasteiger partial charge in [-0.15, -0.1) is 0 Å². The van der Waals surface area contributed by atoms with Crippen LogP contribution in [0.4, 0.5) is 4.39 Å². The van der Waals surface area contributed by atoms with Crippen molar-refractivity contribution in [3.8, 4) is 5.75 Å². The molecule has 3 nitrogen and oxygen atoms in total. The molecule has 1 aromatic rings. The number of carbonyl (C=O) groups excluding carboxylic acids is 2. The molecule has 5 heteroatoms. The summed E-state index contributed by atoms with van der Waals surface area (Å²) in [5.41, 5.74) is -0.00734. The third-order valence-corrected chi connectivity index (χ3v) is 1.87.